The van der Waals surface area contributed by atoms with E-state index in [4.69, 9.17) is 10.5 Å². The molecule has 0 saturated heterocycles. The summed E-state index contributed by atoms with van der Waals surface area (Å²) in [7, 11) is 0. The van der Waals surface area contributed by atoms with Gasteiger partial charge in [0.05, 0.1) is 5.92 Å². The van der Waals surface area contributed by atoms with Gasteiger partial charge in [0.2, 0.25) is 5.88 Å². The van der Waals surface area contributed by atoms with Crippen molar-refractivity contribution >= 4 is 10.8 Å². The quantitative estimate of drug-likeness (QED) is 0.720. The van der Waals surface area contributed by atoms with Crippen LogP contribution in [0.15, 0.2) is 66.2 Å². The standard InChI is InChI=1S/C18H13N3O/c19-10-13-16(14-6-3-9-21-14)17-12-5-2-1-4-11(12)7-8-15(17)22-18(13)20/h1-9,16,21H,20H2/t16-/m0/s1. The van der Waals surface area contributed by atoms with Crippen LogP contribution in [0.3, 0.4) is 0 Å². The second-order valence-electron chi connectivity index (χ2n) is 5.25. The molecule has 0 amide bonds. The molecule has 0 saturated carbocycles. The molecule has 4 heteroatoms. The Labute approximate surface area is 127 Å². The van der Waals surface area contributed by atoms with E-state index in [2.05, 4.69) is 17.1 Å². The molecule has 106 valence electrons. The number of fused-ring (bicyclic) bond motifs is 3. The van der Waals surface area contributed by atoms with E-state index in [1.54, 1.807) is 0 Å². The van der Waals surface area contributed by atoms with Gasteiger partial charge in [0, 0.05) is 17.5 Å². The second-order valence-corrected chi connectivity index (χ2v) is 5.25. The molecule has 3 N–H and O–H groups in total. The van der Waals surface area contributed by atoms with Gasteiger partial charge in [-0.05, 0) is 29.0 Å². The third-order valence-corrected chi connectivity index (χ3v) is 4.05. The van der Waals surface area contributed by atoms with Crippen molar-refractivity contribution in [3.05, 3.63) is 77.4 Å². The molecular weight excluding hydrogens is 274 g/mol. The van der Waals surface area contributed by atoms with Crippen molar-refractivity contribution in [2.24, 2.45) is 5.73 Å². The van der Waals surface area contributed by atoms with Gasteiger partial charge in [-0.3, -0.25) is 0 Å². The molecular formula is C18H13N3O. The molecule has 1 aromatic heterocycles. The number of allylic oxidation sites excluding steroid dienone is 1. The smallest absolute Gasteiger partial charge is 0.205 e. The molecule has 2 heterocycles. The summed E-state index contributed by atoms with van der Waals surface area (Å²) in [6.07, 6.45) is 1.85. The Bertz CT molecular complexity index is 933. The minimum Gasteiger partial charge on any atom is -0.440 e. The van der Waals surface area contributed by atoms with Crippen LogP contribution in [0, 0.1) is 11.3 Å². The van der Waals surface area contributed by atoms with Crippen molar-refractivity contribution in [1.82, 2.24) is 4.98 Å². The number of rotatable bonds is 1. The topological polar surface area (TPSA) is 74.8 Å². The molecule has 1 aliphatic heterocycles. The van der Waals surface area contributed by atoms with Crippen LogP contribution in [0.4, 0.5) is 0 Å². The van der Waals surface area contributed by atoms with E-state index in [1.165, 1.54) is 0 Å². The highest BCUT2D eigenvalue weighted by molar-refractivity contribution is 5.90. The Balaban J connectivity index is 2.08. The summed E-state index contributed by atoms with van der Waals surface area (Å²) in [6, 6.07) is 18.1. The van der Waals surface area contributed by atoms with Crippen LogP contribution in [0.5, 0.6) is 5.75 Å². The number of nitrogens with zero attached hydrogens (tertiary/aromatic N) is 1. The average Bonchev–Trinajstić information content (AvgIpc) is 3.07. The lowest BCUT2D eigenvalue weighted by molar-refractivity contribution is 0.394. The zero-order valence-corrected chi connectivity index (χ0v) is 11.7. The highest BCUT2D eigenvalue weighted by Gasteiger charge is 2.32. The molecule has 3 aromatic rings. The monoisotopic (exact) mass is 287 g/mol. The number of nitrogens with one attached hydrogen (secondary N) is 1. The van der Waals surface area contributed by atoms with E-state index in [9.17, 15) is 5.26 Å². The number of aromatic nitrogens is 1. The lowest BCUT2D eigenvalue weighted by atomic mass is 9.84. The van der Waals surface area contributed by atoms with Crippen molar-refractivity contribution in [3.8, 4) is 11.8 Å². The van der Waals surface area contributed by atoms with Crippen LogP contribution < -0.4 is 10.5 Å². The predicted octanol–water partition coefficient (Wildman–Crippen LogP) is 3.39. The first kappa shape index (κ1) is 12.5. The summed E-state index contributed by atoms with van der Waals surface area (Å²) < 4.78 is 5.69. The van der Waals surface area contributed by atoms with Crippen molar-refractivity contribution in [2.75, 3.05) is 0 Å². The van der Waals surface area contributed by atoms with E-state index in [0.29, 0.717) is 11.3 Å². The number of hydrogen-bond donors (Lipinski definition) is 2. The second kappa shape index (κ2) is 4.68. The van der Waals surface area contributed by atoms with Gasteiger partial charge in [0.15, 0.2) is 0 Å². The predicted molar refractivity (Wildman–Crippen MR) is 84.0 cm³/mol. The number of nitrogens with two attached hydrogens (primary N) is 1. The number of ether oxygens (including phenoxy) is 1. The molecule has 0 fully saturated rings. The lowest BCUT2D eigenvalue weighted by Crippen LogP contribution is -2.21. The van der Waals surface area contributed by atoms with E-state index in [1.807, 2.05) is 48.7 Å². The largest absolute Gasteiger partial charge is 0.440 e. The van der Waals surface area contributed by atoms with Gasteiger partial charge < -0.3 is 15.5 Å². The van der Waals surface area contributed by atoms with E-state index in [-0.39, 0.29) is 11.8 Å². The van der Waals surface area contributed by atoms with Gasteiger partial charge in [-0.25, -0.2) is 0 Å². The SMILES string of the molecule is N#CC1=C(N)Oc2ccc3ccccc3c2[C@@H]1c1ccc[nH]1. The van der Waals surface area contributed by atoms with Crippen LogP contribution in [-0.4, -0.2) is 4.98 Å². The lowest BCUT2D eigenvalue weighted by Gasteiger charge is -2.27. The Hall–Kier alpha value is -3.19. The average molecular weight is 287 g/mol. The molecule has 2 aromatic carbocycles. The number of benzene rings is 2. The summed E-state index contributed by atoms with van der Waals surface area (Å²) in [5, 5.41) is 11.7. The molecule has 1 aliphatic rings. The zero-order chi connectivity index (χ0) is 15.1. The van der Waals surface area contributed by atoms with Crippen molar-refractivity contribution < 1.29 is 4.74 Å². The minimum atomic E-state index is -0.241. The normalized spacial score (nSPS) is 17.0. The van der Waals surface area contributed by atoms with Crippen LogP contribution in [0.25, 0.3) is 10.8 Å². The third-order valence-electron chi connectivity index (χ3n) is 4.05. The van der Waals surface area contributed by atoms with Gasteiger partial charge in [-0.15, -0.1) is 0 Å². The van der Waals surface area contributed by atoms with Crippen LogP contribution in [0.1, 0.15) is 17.2 Å². The van der Waals surface area contributed by atoms with Crippen molar-refractivity contribution in [1.29, 1.82) is 5.26 Å². The Kier molecular flexibility index (Phi) is 2.67. The van der Waals surface area contributed by atoms with E-state index >= 15 is 0 Å². The van der Waals surface area contributed by atoms with Crippen LogP contribution in [-0.2, 0) is 0 Å². The first-order chi connectivity index (χ1) is 10.8. The van der Waals surface area contributed by atoms with Crippen LogP contribution >= 0.6 is 0 Å². The Morgan fingerprint density at radius 3 is 2.73 bits per heavy atom. The minimum absolute atomic E-state index is 0.171. The Morgan fingerprint density at radius 1 is 1.09 bits per heavy atom. The number of nitriles is 1. The molecule has 0 unspecified atom stereocenters. The van der Waals surface area contributed by atoms with Gasteiger partial charge in [0.25, 0.3) is 0 Å². The summed E-state index contributed by atoms with van der Waals surface area (Å²) in [6.45, 7) is 0. The summed E-state index contributed by atoms with van der Waals surface area (Å²) >= 11 is 0. The fraction of sp³-hybridized carbons (Fsp3) is 0.0556. The zero-order valence-electron chi connectivity index (χ0n) is 11.7. The summed E-state index contributed by atoms with van der Waals surface area (Å²) in [5.74, 6) is 0.634. The molecule has 0 bridgehead atoms. The highest BCUT2D eigenvalue weighted by Crippen LogP contribution is 2.44. The number of H-pyrrole nitrogens is 1. The fourth-order valence-electron chi connectivity index (χ4n) is 3.08. The Morgan fingerprint density at radius 2 is 1.95 bits per heavy atom. The first-order valence-electron chi connectivity index (χ1n) is 7.02. The van der Waals surface area contributed by atoms with Crippen LogP contribution in [0.2, 0.25) is 0 Å². The molecule has 0 spiro atoms. The van der Waals surface area contributed by atoms with E-state index < -0.39 is 0 Å². The maximum atomic E-state index is 9.55. The third kappa shape index (κ3) is 1.69. The molecule has 4 rings (SSSR count). The molecule has 22 heavy (non-hydrogen) atoms. The maximum Gasteiger partial charge on any atom is 0.205 e. The summed E-state index contributed by atoms with van der Waals surface area (Å²) in [4.78, 5) is 3.20. The van der Waals surface area contributed by atoms with Crippen molar-refractivity contribution in [2.45, 2.75) is 5.92 Å². The number of aromatic amines is 1. The first-order valence-corrected chi connectivity index (χ1v) is 7.02. The molecule has 4 nitrogen and oxygen atoms in total. The van der Waals surface area contributed by atoms with Gasteiger partial charge in [-0.1, -0.05) is 30.3 Å². The highest BCUT2D eigenvalue weighted by atomic mass is 16.5. The van der Waals surface area contributed by atoms with Crippen molar-refractivity contribution in [3.63, 3.8) is 0 Å². The van der Waals surface area contributed by atoms with E-state index in [0.717, 1.165) is 22.0 Å². The van der Waals surface area contributed by atoms with Gasteiger partial charge in [-0.2, -0.15) is 5.26 Å². The van der Waals surface area contributed by atoms with Gasteiger partial charge >= 0.3 is 0 Å². The fourth-order valence-corrected chi connectivity index (χ4v) is 3.08. The maximum absolute atomic E-state index is 9.55. The molecule has 0 radical (unpaired) electrons. The molecule has 1 atom stereocenters. The number of hydrogen-bond acceptors (Lipinski definition) is 3. The summed E-state index contributed by atoms with van der Waals surface area (Å²) in [5.41, 5.74) is 8.31. The van der Waals surface area contributed by atoms with Gasteiger partial charge in [0.1, 0.15) is 17.4 Å². The molecule has 0 aliphatic carbocycles.